The van der Waals surface area contributed by atoms with Gasteiger partial charge in [-0.05, 0) is 37.1 Å². The smallest absolute Gasteiger partial charge is 0.146 e. The Bertz CT molecular complexity index is 523. The van der Waals surface area contributed by atoms with Crippen molar-refractivity contribution in [1.29, 1.82) is 0 Å². The number of aryl methyl sites for hydroxylation is 1. The molecule has 0 aliphatic heterocycles. The fourth-order valence-electron chi connectivity index (χ4n) is 2.18. The number of benzene rings is 1. The summed E-state index contributed by atoms with van der Waals surface area (Å²) in [5, 5.41) is 3.17. The highest BCUT2D eigenvalue weighted by molar-refractivity contribution is 5.26. The van der Waals surface area contributed by atoms with Crippen molar-refractivity contribution < 1.29 is 4.39 Å². The van der Waals surface area contributed by atoms with Crippen molar-refractivity contribution in [1.82, 2.24) is 10.3 Å². The number of hydrogen-bond donors (Lipinski definition) is 1. The number of hydrogen-bond acceptors (Lipinski definition) is 2. The van der Waals surface area contributed by atoms with Gasteiger partial charge in [0.25, 0.3) is 0 Å². The van der Waals surface area contributed by atoms with Gasteiger partial charge >= 0.3 is 0 Å². The van der Waals surface area contributed by atoms with Crippen LogP contribution in [0, 0.1) is 5.82 Å². The predicted octanol–water partition coefficient (Wildman–Crippen LogP) is 3.29. The Balaban J connectivity index is 2.17. The van der Waals surface area contributed by atoms with E-state index in [1.165, 1.54) is 17.3 Å². The molecule has 1 N–H and O–H groups in total. The summed E-state index contributed by atoms with van der Waals surface area (Å²) in [5.41, 5.74) is 3.18. The van der Waals surface area contributed by atoms with Crippen molar-refractivity contribution in [3.63, 3.8) is 0 Å². The van der Waals surface area contributed by atoms with Gasteiger partial charge in [-0.25, -0.2) is 4.39 Å². The van der Waals surface area contributed by atoms with Crippen molar-refractivity contribution in [2.24, 2.45) is 0 Å². The molecule has 1 aromatic carbocycles. The van der Waals surface area contributed by atoms with Gasteiger partial charge < -0.3 is 5.32 Å². The molecule has 0 saturated heterocycles. The van der Waals surface area contributed by atoms with E-state index >= 15 is 0 Å². The molecule has 2 aromatic rings. The third-order valence-corrected chi connectivity index (χ3v) is 3.40. The number of rotatable bonds is 5. The van der Waals surface area contributed by atoms with Crippen LogP contribution in [0.1, 0.15) is 29.7 Å². The highest BCUT2D eigenvalue weighted by atomic mass is 19.1. The second-order valence-corrected chi connectivity index (χ2v) is 4.61. The van der Waals surface area contributed by atoms with E-state index < -0.39 is 0 Å². The molecule has 0 aliphatic carbocycles. The van der Waals surface area contributed by atoms with Crippen molar-refractivity contribution in [2.75, 3.05) is 7.05 Å². The summed E-state index contributed by atoms with van der Waals surface area (Å²) < 4.78 is 13.7. The van der Waals surface area contributed by atoms with Gasteiger partial charge in [-0.15, -0.1) is 0 Å². The number of pyridine rings is 1. The normalized spacial score (nSPS) is 12.4. The first-order valence-corrected chi connectivity index (χ1v) is 6.59. The maximum Gasteiger partial charge on any atom is 0.146 e. The molecule has 1 unspecified atom stereocenters. The molecule has 0 saturated carbocycles. The van der Waals surface area contributed by atoms with Gasteiger partial charge in [-0.2, -0.15) is 0 Å². The van der Waals surface area contributed by atoms with Gasteiger partial charge in [0.05, 0.1) is 6.20 Å². The zero-order valence-electron chi connectivity index (χ0n) is 11.4. The first-order valence-electron chi connectivity index (χ1n) is 6.59. The summed E-state index contributed by atoms with van der Waals surface area (Å²) in [5.74, 6) is -0.257. The summed E-state index contributed by atoms with van der Waals surface area (Å²) >= 11 is 0. The van der Waals surface area contributed by atoms with Crippen LogP contribution < -0.4 is 5.32 Å². The first kappa shape index (κ1) is 13.7. The molecule has 19 heavy (non-hydrogen) atoms. The van der Waals surface area contributed by atoms with Gasteiger partial charge in [0.15, 0.2) is 0 Å². The molecule has 100 valence electrons. The lowest BCUT2D eigenvalue weighted by molar-refractivity contribution is 0.530. The lowest BCUT2D eigenvalue weighted by Gasteiger charge is -2.17. The SMILES string of the molecule is CCc1ccc(CC(NC)c2ccncc2F)cc1. The van der Waals surface area contributed by atoms with Crippen LogP contribution in [-0.4, -0.2) is 12.0 Å². The predicted molar refractivity (Wildman–Crippen MR) is 75.5 cm³/mol. The summed E-state index contributed by atoms with van der Waals surface area (Å²) in [4.78, 5) is 3.79. The van der Waals surface area contributed by atoms with E-state index in [1.807, 2.05) is 7.05 Å². The average molecular weight is 258 g/mol. The standard InChI is InChI=1S/C16H19FN2/c1-3-12-4-6-13(7-5-12)10-16(18-2)14-8-9-19-11-15(14)17/h4-9,11,16,18H,3,10H2,1-2H3. The van der Waals surface area contributed by atoms with E-state index in [2.05, 4.69) is 41.5 Å². The third kappa shape index (κ3) is 3.38. The second-order valence-electron chi connectivity index (χ2n) is 4.61. The van der Waals surface area contributed by atoms with Gasteiger partial charge in [-0.1, -0.05) is 31.2 Å². The van der Waals surface area contributed by atoms with Crippen molar-refractivity contribution >= 4 is 0 Å². The van der Waals surface area contributed by atoms with Gasteiger partial charge in [-0.3, -0.25) is 4.98 Å². The molecule has 0 bridgehead atoms. The van der Waals surface area contributed by atoms with Crippen LogP contribution in [0.2, 0.25) is 0 Å². The number of aromatic nitrogens is 1. The molecule has 2 nitrogen and oxygen atoms in total. The Hall–Kier alpha value is -1.74. The molecule has 0 fully saturated rings. The molecule has 0 aliphatic rings. The minimum absolute atomic E-state index is 0.0320. The maximum absolute atomic E-state index is 13.7. The van der Waals surface area contributed by atoms with Crippen LogP contribution in [-0.2, 0) is 12.8 Å². The molecule has 1 aromatic heterocycles. The monoisotopic (exact) mass is 258 g/mol. The minimum atomic E-state index is -0.257. The molecular weight excluding hydrogens is 239 g/mol. The zero-order valence-corrected chi connectivity index (χ0v) is 11.4. The Labute approximate surface area is 113 Å². The lowest BCUT2D eigenvalue weighted by atomic mass is 9.98. The number of nitrogens with one attached hydrogen (secondary N) is 1. The molecule has 0 radical (unpaired) electrons. The van der Waals surface area contributed by atoms with E-state index in [0.29, 0.717) is 5.56 Å². The molecule has 0 spiro atoms. The van der Waals surface area contributed by atoms with E-state index in [-0.39, 0.29) is 11.9 Å². The zero-order chi connectivity index (χ0) is 13.7. The van der Waals surface area contributed by atoms with Crippen LogP contribution >= 0.6 is 0 Å². The van der Waals surface area contributed by atoms with Gasteiger partial charge in [0.2, 0.25) is 0 Å². The fraction of sp³-hybridized carbons (Fsp3) is 0.312. The highest BCUT2D eigenvalue weighted by Crippen LogP contribution is 2.20. The topological polar surface area (TPSA) is 24.9 Å². The van der Waals surface area contributed by atoms with Gasteiger partial charge in [0.1, 0.15) is 5.82 Å². The summed E-state index contributed by atoms with van der Waals surface area (Å²) in [6.07, 6.45) is 4.69. The molecule has 0 amide bonds. The van der Waals surface area contributed by atoms with Crippen LogP contribution in [0.4, 0.5) is 4.39 Å². The molecule has 1 heterocycles. The lowest BCUT2D eigenvalue weighted by Crippen LogP contribution is -2.20. The Morgan fingerprint density at radius 1 is 1.16 bits per heavy atom. The minimum Gasteiger partial charge on any atom is -0.313 e. The largest absolute Gasteiger partial charge is 0.313 e. The van der Waals surface area contributed by atoms with Crippen LogP contribution in [0.3, 0.4) is 0 Å². The number of halogens is 1. The average Bonchev–Trinajstić information content (AvgIpc) is 2.46. The summed E-state index contributed by atoms with van der Waals surface area (Å²) in [7, 11) is 1.85. The van der Waals surface area contributed by atoms with Crippen molar-refractivity contribution in [3.8, 4) is 0 Å². The summed E-state index contributed by atoms with van der Waals surface area (Å²) in [6.45, 7) is 2.14. The van der Waals surface area contributed by atoms with E-state index in [0.717, 1.165) is 12.8 Å². The molecular formula is C16H19FN2. The molecule has 2 rings (SSSR count). The summed E-state index contributed by atoms with van der Waals surface area (Å²) in [6, 6.07) is 10.2. The van der Waals surface area contributed by atoms with Crippen LogP contribution in [0.25, 0.3) is 0 Å². The Morgan fingerprint density at radius 3 is 2.42 bits per heavy atom. The van der Waals surface area contributed by atoms with E-state index in [1.54, 1.807) is 12.3 Å². The third-order valence-electron chi connectivity index (χ3n) is 3.40. The van der Waals surface area contributed by atoms with Crippen molar-refractivity contribution in [3.05, 3.63) is 65.2 Å². The number of likely N-dealkylation sites (N-methyl/N-ethyl adjacent to an activating group) is 1. The Kier molecular flexibility index (Phi) is 4.63. The molecule has 3 heteroatoms. The molecule has 1 atom stereocenters. The second kappa shape index (κ2) is 6.43. The van der Waals surface area contributed by atoms with Crippen LogP contribution in [0.15, 0.2) is 42.7 Å². The fourth-order valence-corrected chi connectivity index (χ4v) is 2.18. The maximum atomic E-state index is 13.7. The number of nitrogens with zero attached hydrogens (tertiary/aromatic N) is 1. The van der Waals surface area contributed by atoms with E-state index in [9.17, 15) is 4.39 Å². The van der Waals surface area contributed by atoms with E-state index in [4.69, 9.17) is 0 Å². The highest BCUT2D eigenvalue weighted by Gasteiger charge is 2.14. The quantitative estimate of drug-likeness (QED) is 0.890. The first-order chi connectivity index (χ1) is 9.24. The van der Waals surface area contributed by atoms with Gasteiger partial charge in [0, 0.05) is 17.8 Å². The Morgan fingerprint density at radius 2 is 1.84 bits per heavy atom. The van der Waals surface area contributed by atoms with Crippen molar-refractivity contribution in [2.45, 2.75) is 25.8 Å². The van der Waals surface area contributed by atoms with Crippen LogP contribution in [0.5, 0.6) is 0 Å².